The van der Waals surface area contributed by atoms with E-state index in [0.717, 1.165) is 51.6 Å². The molecule has 0 radical (unpaired) electrons. The minimum absolute atomic E-state index is 0.417. The van der Waals surface area contributed by atoms with Gasteiger partial charge in [0.25, 0.3) is 0 Å². The maximum Gasteiger partial charge on any atom is 0.0589 e. The molecule has 0 N–H and O–H groups in total. The first-order chi connectivity index (χ1) is 12.1. The van der Waals surface area contributed by atoms with Crippen LogP contribution in [0.25, 0.3) is 0 Å². The molecule has 3 heterocycles. The van der Waals surface area contributed by atoms with Crippen LogP contribution in [0.5, 0.6) is 0 Å². The van der Waals surface area contributed by atoms with Crippen molar-refractivity contribution in [2.75, 3.05) is 60.2 Å². The Bertz CT molecular complexity index is 543. The topological polar surface area (TPSA) is 37.8 Å². The lowest BCUT2D eigenvalue weighted by Gasteiger charge is -2.42. The van der Waals surface area contributed by atoms with Crippen LogP contribution in [-0.4, -0.2) is 74.9 Å². The Balaban J connectivity index is 1.58. The molecular weight excluding hydrogens is 314 g/mol. The third-order valence-electron chi connectivity index (χ3n) is 6.05. The summed E-state index contributed by atoms with van der Waals surface area (Å²) in [7, 11) is 3.63. The molecule has 0 saturated carbocycles. The minimum atomic E-state index is 0.417. The van der Waals surface area contributed by atoms with Gasteiger partial charge in [0.05, 0.1) is 18.9 Å². The average molecular weight is 348 g/mol. The van der Waals surface area contributed by atoms with Crippen LogP contribution in [0.2, 0.25) is 0 Å². The quantitative estimate of drug-likeness (QED) is 0.756. The number of ether oxygens (including phenoxy) is 2. The summed E-state index contributed by atoms with van der Waals surface area (Å²) in [5.74, 6) is 0.647. The van der Waals surface area contributed by atoms with Crippen molar-refractivity contribution in [2.45, 2.75) is 26.3 Å². The lowest BCUT2D eigenvalue weighted by Crippen LogP contribution is -2.45. The van der Waals surface area contributed by atoms with Crippen LogP contribution in [0, 0.1) is 18.3 Å². The Morgan fingerprint density at radius 2 is 1.96 bits per heavy atom. The standard InChI is InChI=1S/C20H33N3O2/c1-17-5-4-6-19(21-17)14-22-9-7-20(8-10-22)16-23(11-12-24-2)13-18(20)15-25-3/h4-6,18H,7-16H2,1-3H3/t18-/m1/s1. The molecule has 25 heavy (non-hydrogen) atoms. The highest BCUT2D eigenvalue weighted by molar-refractivity contribution is 5.10. The lowest BCUT2D eigenvalue weighted by atomic mass is 9.71. The molecule has 0 aromatic carbocycles. The molecule has 2 aliphatic heterocycles. The number of aryl methyl sites for hydroxylation is 1. The van der Waals surface area contributed by atoms with E-state index >= 15 is 0 Å². The molecule has 2 saturated heterocycles. The summed E-state index contributed by atoms with van der Waals surface area (Å²) < 4.78 is 10.8. The fraction of sp³-hybridized carbons (Fsp3) is 0.750. The largest absolute Gasteiger partial charge is 0.384 e. The fourth-order valence-electron chi connectivity index (χ4n) is 4.61. The Hall–Kier alpha value is -1.01. The molecule has 0 amide bonds. The van der Waals surface area contributed by atoms with Gasteiger partial charge in [-0.1, -0.05) is 6.07 Å². The van der Waals surface area contributed by atoms with E-state index < -0.39 is 0 Å². The van der Waals surface area contributed by atoms with Crippen molar-refractivity contribution in [3.8, 4) is 0 Å². The minimum Gasteiger partial charge on any atom is -0.384 e. The van der Waals surface area contributed by atoms with Crippen LogP contribution in [0.1, 0.15) is 24.2 Å². The molecule has 3 rings (SSSR count). The Labute approximate surface area is 152 Å². The number of rotatable bonds is 7. The Morgan fingerprint density at radius 1 is 1.16 bits per heavy atom. The zero-order valence-electron chi connectivity index (χ0n) is 16.0. The van der Waals surface area contributed by atoms with Crippen molar-refractivity contribution in [3.63, 3.8) is 0 Å². The summed E-state index contributed by atoms with van der Waals surface area (Å²) in [4.78, 5) is 9.80. The Morgan fingerprint density at radius 3 is 2.64 bits per heavy atom. The average Bonchev–Trinajstić information content (AvgIpc) is 2.93. The molecule has 2 aliphatic rings. The summed E-state index contributed by atoms with van der Waals surface area (Å²) in [5, 5.41) is 0. The highest BCUT2D eigenvalue weighted by atomic mass is 16.5. The van der Waals surface area contributed by atoms with Crippen LogP contribution in [0.4, 0.5) is 0 Å². The number of hydrogen-bond acceptors (Lipinski definition) is 5. The molecule has 1 spiro atoms. The number of hydrogen-bond donors (Lipinski definition) is 0. The van der Waals surface area contributed by atoms with E-state index in [1.807, 2.05) is 7.11 Å². The van der Waals surface area contributed by atoms with Crippen LogP contribution in [0.3, 0.4) is 0 Å². The van der Waals surface area contributed by atoms with Crippen LogP contribution in [0.15, 0.2) is 18.2 Å². The molecule has 1 aromatic rings. The van der Waals surface area contributed by atoms with Crippen molar-refractivity contribution in [3.05, 3.63) is 29.6 Å². The van der Waals surface area contributed by atoms with Crippen molar-refractivity contribution in [2.24, 2.45) is 11.3 Å². The van der Waals surface area contributed by atoms with Gasteiger partial charge in [0, 0.05) is 52.0 Å². The Kier molecular flexibility index (Phi) is 6.44. The maximum atomic E-state index is 5.56. The first-order valence-corrected chi connectivity index (χ1v) is 9.50. The van der Waals surface area contributed by atoms with E-state index in [0.29, 0.717) is 11.3 Å². The van der Waals surface area contributed by atoms with E-state index in [4.69, 9.17) is 9.47 Å². The van der Waals surface area contributed by atoms with Gasteiger partial charge in [-0.3, -0.25) is 9.88 Å². The molecule has 0 unspecified atom stereocenters. The molecule has 140 valence electrons. The second-order valence-electron chi connectivity index (χ2n) is 7.79. The fourth-order valence-corrected chi connectivity index (χ4v) is 4.61. The maximum absolute atomic E-state index is 5.56. The van der Waals surface area contributed by atoms with Gasteiger partial charge >= 0.3 is 0 Å². The monoisotopic (exact) mass is 347 g/mol. The van der Waals surface area contributed by atoms with E-state index in [1.54, 1.807) is 7.11 Å². The number of aromatic nitrogens is 1. The van der Waals surface area contributed by atoms with Gasteiger partial charge < -0.3 is 14.4 Å². The van der Waals surface area contributed by atoms with Crippen molar-refractivity contribution in [1.82, 2.24) is 14.8 Å². The SMILES string of the molecule is COCCN1C[C@H](COC)C2(CCN(Cc3cccc(C)n3)CC2)C1. The van der Waals surface area contributed by atoms with Gasteiger partial charge in [0.2, 0.25) is 0 Å². The van der Waals surface area contributed by atoms with E-state index in [9.17, 15) is 0 Å². The van der Waals surface area contributed by atoms with E-state index in [1.165, 1.54) is 25.1 Å². The molecule has 1 aromatic heterocycles. The third-order valence-corrected chi connectivity index (χ3v) is 6.05. The molecule has 5 nitrogen and oxygen atoms in total. The number of nitrogens with zero attached hydrogens (tertiary/aromatic N) is 3. The van der Waals surface area contributed by atoms with Gasteiger partial charge in [-0.2, -0.15) is 0 Å². The lowest BCUT2D eigenvalue weighted by molar-refractivity contribution is 0.0344. The molecular formula is C20H33N3O2. The first kappa shape index (κ1) is 18.8. The highest BCUT2D eigenvalue weighted by Gasteiger charge is 2.47. The number of methoxy groups -OCH3 is 2. The smallest absolute Gasteiger partial charge is 0.0589 e. The molecule has 2 fully saturated rings. The van der Waals surface area contributed by atoms with Gasteiger partial charge in [0.15, 0.2) is 0 Å². The number of piperidine rings is 1. The summed E-state index contributed by atoms with van der Waals surface area (Å²) >= 11 is 0. The van der Waals surface area contributed by atoms with Gasteiger partial charge in [-0.05, 0) is 50.4 Å². The van der Waals surface area contributed by atoms with E-state index in [-0.39, 0.29) is 0 Å². The number of likely N-dealkylation sites (tertiary alicyclic amines) is 2. The van der Waals surface area contributed by atoms with Crippen LogP contribution in [-0.2, 0) is 16.0 Å². The van der Waals surface area contributed by atoms with Gasteiger partial charge in [0.1, 0.15) is 0 Å². The second-order valence-corrected chi connectivity index (χ2v) is 7.79. The summed E-state index contributed by atoms with van der Waals surface area (Å²) in [5.41, 5.74) is 2.72. The predicted molar refractivity (Wildman–Crippen MR) is 99.6 cm³/mol. The summed E-state index contributed by atoms with van der Waals surface area (Å²) in [6.07, 6.45) is 2.52. The second kappa shape index (κ2) is 8.58. The van der Waals surface area contributed by atoms with E-state index in [2.05, 4.69) is 39.9 Å². The normalized spacial score (nSPS) is 24.2. The van der Waals surface area contributed by atoms with Crippen molar-refractivity contribution in [1.29, 1.82) is 0 Å². The summed E-state index contributed by atoms with van der Waals surface area (Å²) in [6, 6.07) is 6.33. The zero-order chi connectivity index (χ0) is 17.7. The zero-order valence-corrected chi connectivity index (χ0v) is 16.0. The first-order valence-electron chi connectivity index (χ1n) is 9.50. The van der Waals surface area contributed by atoms with Crippen molar-refractivity contribution >= 4 is 0 Å². The third kappa shape index (κ3) is 4.59. The molecule has 0 bridgehead atoms. The number of pyridine rings is 1. The van der Waals surface area contributed by atoms with Crippen molar-refractivity contribution < 1.29 is 9.47 Å². The molecule has 5 heteroatoms. The predicted octanol–water partition coefficient (Wildman–Crippen LogP) is 2.20. The highest BCUT2D eigenvalue weighted by Crippen LogP contribution is 2.44. The van der Waals surface area contributed by atoms with Gasteiger partial charge in [-0.25, -0.2) is 0 Å². The molecule has 0 aliphatic carbocycles. The van der Waals surface area contributed by atoms with Gasteiger partial charge in [-0.15, -0.1) is 0 Å². The summed E-state index contributed by atoms with van der Waals surface area (Å²) in [6.45, 7) is 10.4. The molecule has 1 atom stereocenters. The van der Waals surface area contributed by atoms with Crippen LogP contribution < -0.4 is 0 Å². The van der Waals surface area contributed by atoms with Crippen LogP contribution >= 0.6 is 0 Å².